The van der Waals surface area contributed by atoms with Crippen LogP contribution < -0.4 is 16.8 Å². The number of carbonyl (C=O) groups excluding carboxylic acids is 2. The summed E-state index contributed by atoms with van der Waals surface area (Å²) in [5.41, 5.74) is 14.6. The van der Waals surface area contributed by atoms with Gasteiger partial charge in [-0.05, 0) is 266 Å². The quantitative estimate of drug-likeness (QED) is 0.0230. The number of nitrogens with one attached hydrogen (secondary N) is 1. The summed E-state index contributed by atoms with van der Waals surface area (Å²) in [6.07, 6.45) is 17.9. The van der Waals surface area contributed by atoms with E-state index in [-0.39, 0.29) is 89.0 Å². The van der Waals surface area contributed by atoms with Crippen LogP contribution in [0.5, 0.6) is 0 Å². The average Bonchev–Trinajstić information content (AvgIpc) is 1.50. The van der Waals surface area contributed by atoms with Crippen molar-refractivity contribution in [2.24, 2.45) is 16.9 Å². The highest BCUT2D eigenvalue weighted by Crippen LogP contribution is 2.65. The second-order valence-corrected chi connectivity index (χ2v) is 43.6. The number of fused-ring (bicyclic) bond motifs is 3. The van der Waals surface area contributed by atoms with Gasteiger partial charge in [-0.2, -0.15) is 0 Å². The summed E-state index contributed by atoms with van der Waals surface area (Å²) < 4.78 is 103. The Morgan fingerprint density at radius 2 is 0.897 bits per heavy atom. The summed E-state index contributed by atoms with van der Waals surface area (Å²) in [5.74, 6) is -4.14. The number of anilines is 1. The average molecular weight is 2090 g/mol. The molecule has 10 aliphatic heterocycles. The van der Waals surface area contributed by atoms with E-state index >= 15 is 4.39 Å². The number of morpholine rings is 1. The molecule has 145 heavy (non-hydrogen) atoms. The van der Waals surface area contributed by atoms with Crippen LogP contribution in [0.1, 0.15) is 350 Å². The SMILES string of the molecule is C.C1CCOC1.C1CCOC1.C=C(C)CCC.C=C(C)CCO.CC(C)(C)C[C@H]1N2C(C(=O)O[C@@H](c3ccccc3)[C@H]2c2ccccc2)[C@H](c2cccc(Cl)c2)[C@@]12C(=O)Nc1cc(Cl)c(F)cc12.CC1(C)OC[C@](C)(CCN)O1.CC1(C)OC[C@](C)(CCO)O1.CCC[C@@]1(C)COC(C)(C)O1.CCC[C@@]1(C)COC(C)(C)O1.CCC[C@@]1(C)COC(C)(C)O1.CCC[C@](C)(O)CO.CO.CO.NCc1ccccc1.[2H]CF. The van der Waals surface area contributed by atoms with Gasteiger partial charge in [0.15, 0.2) is 28.9 Å². The molecule has 0 aliphatic carbocycles. The van der Waals surface area contributed by atoms with Crippen molar-refractivity contribution >= 4 is 40.8 Å². The van der Waals surface area contributed by atoms with Crippen molar-refractivity contribution in [3.63, 3.8) is 0 Å². The van der Waals surface area contributed by atoms with Gasteiger partial charge in [0, 0.05) is 89.5 Å². The molecular formula is C116H196Cl2F2N4O21. The first kappa shape index (κ1) is 137. The Kier molecular flexibility index (Phi) is 63.9. The molecule has 10 heterocycles. The zero-order chi connectivity index (χ0) is 111. The Hall–Kier alpha value is -5.88. The van der Waals surface area contributed by atoms with Crippen LogP contribution in [-0.2, 0) is 83.1 Å². The van der Waals surface area contributed by atoms with Gasteiger partial charge in [-0.25, -0.2) is 4.39 Å². The molecule has 0 radical (unpaired) electrons. The molecule has 5 aromatic rings. The lowest BCUT2D eigenvalue weighted by molar-refractivity contribution is -0.176. The molecule has 834 valence electrons. The number of aliphatic hydroxyl groups is 6. The zero-order valence-corrected chi connectivity index (χ0v) is 94.7. The number of benzene rings is 5. The molecular weight excluding hydrogens is 1890 g/mol. The van der Waals surface area contributed by atoms with Crippen molar-refractivity contribution in [1.82, 2.24) is 4.90 Å². The predicted octanol–water partition coefficient (Wildman–Crippen LogP) is 24.4. The lowest BCUT2D eigenvalue weighted by Gasteiger charge is -2.47. The van der Waals surface area contributed by atoms with Gasteiger partial charge in [0.25, 0.3) is 0 Å². The van der Waals surface area contributed by atoms with Gasteiger partial charge < -0.3 is 109 Å². The summed E-state index contributed by atoms with van der Waals surface area (Å²) in [4.78, 5) is 31.6. The number of allylic oxidation sites excluding steroid dienone is 1. The molecule has 0 bridgehead atoms. The largest absolute Gasteiger partial charge is 0.454 e. The number of nitrogens with zero attached hydrogens (tertiary/aromatic N) is 1. The number of amides is 1. The van der Waals surface area contributed by atoms with E-state index in [0.717, 1.165) is 135 Å². The number of halogens is 4. The number of hydrogen-bond acceptors (Lipinski definition) is 24. The fraction of sp³-hybridized carbons (Fsp3) is 0.690. The Bertz CT molecular complexity index is 4150. The van der Waals surface area contributed by atoms with Gasteiger partial charge in [0.1, 0.15) is 23.4 Å². The van der Waals surface area contributed by atoms with Gasteiger partial charge >= 0.3 is 5.97 Å². The highest BCUT2D eigenvalue weighted by atomic mass is 35.5. The summed E-state index contributed by atoms with van der Waals surface area (Å²) in [6, 6.07) is 37.9. The van der Waals surface area contributed by atoms with Crippen LogP contribution in [-0.4, -0.2) is 229 Å². The first-order chi connectivity index (χ1) is 67.9. The normalized spacial score (nSPS) is 26.3. The third-order valence-electron chi connectivity index (χ3n) is 24.3. The molecule has 9 fully saturated rings. The molecule has 1 unspecified atom stereocenters. The predicted molar refractivity (Wildman–Crippen MR) is 585 cm³/mol. The molecule has 10 aliphatic rings. The molecule has 1 amide bonds. The zero-order valence-electron chi connectivity index (χ0n) is 94.2. The lowest BCUT2D eigenvalue weighted by Crippen LogP contribution is -2.54. The Morgan fingerprint density at radius 3 is 1.18 bits per heavy atom. The number of ether oxygens (including phenoxy) is 13. The lowest BCUT2D eigenvalue weighted by atomic mass is 9.62. The number of rotatable bonds is 22. The highest BCUT2D eigenvalue weighted by molar-refractivity contribution is 6.31. The van der Waals surface area contributed by atoms with Crippen molar-refractivity contribution < 1.29 is 112 Å². The van der Waals surface area contributed by atoms with Gasteiger partial charge in [-0.15, -0.1) is 13.2 Å². The van der Waals surface area contributed by atoms with Crippen LogP contribution in [0.3, 0.4) is 0 Å². The van der Waals surface area contributed by atoms with Crippen molar-refractivity contribution in [3.8, 4) is 0 Å². The van der Waals surface area contributed by atoms with Crippen molar-refractivity contribution in [3.05, 3.63) is 195 Å². The minimum atomic E-state index is -1.37. The topological polar surface area (TPSA) is 343 Å². The van der Waals surface area contributed by atoms with Crippen LogP contribution in [0.25, 0.3) is 0 Å². The molecule has 5 aromatic carbocycles. The second-order valence-electron chi connectivity index (χ2n) is 42.8. The Balaban J connectivity index is 0.00000173. The van der Waals surface area contributed by atoms with E-state index in [0.29, 0.717) is 67.4 Å². The number of carbonyl (C=O) groups is 2. The van der Waals surface area contributed by atoms with E-state index < -0.39 is 71.7 Å². The van der Waals surface area contributed by atoms with Crippen molar-refractivity contribution in [2.45, 2.75) is 408 Å². The van der Waals surface area contributed by atoms with E-state index in [1.165, 1.54) is 61.8 Å². The maximum atomic E-state index is 15.5. The number of hydrogen-bond donors (Lipinski definition) is 9. The molecule has 15 rings (SSSR count). The number of aliphatic hydroxyl groups excluding tert-OH is 5. The minimum Gasteiger partial charge on any atom is -0.454 e. The van der Waals surface area contributed by atoms with E-state index in [2.05, 4.69) is 99.5 Å². The summed E-state index contributed by atoms with van der Waals surface area (Å²) in [5, 5.41) is 51.9. The van der Waals surface area contributed by atoms with E-state index in [1.54, 1.807) is 19.1 Å². The third-order valence-corrected chi connectivity index (χ3v) is 24.9. The van der Waals surface area contributed by atoms with Gasteiger partial charge in [-0.3, -0.25) is 18.9 Å². The van der Waals surface area contributed by atoms with Crippen molar-refractivity contribution in [2.75, 3.05) is 113 Å². The van der Waals surface area contributed by atoms with Gasteiger partial charge in [-0.1, -0.05) is 232 Å². The van der Waals surface area contributed by atoms with Crippen LogP contribution in [0.15, 0.2) is 152 Å². The molecule has 29 heteroatoms. The van der Waals surface area contributed by atoms with Crippen molar-refractivity contribution in [1.29, 1.82) is 0 Å². The number of nitrogens with two attached hydrogens (primary N) is 2. The van der Waals surface area contributed by atoms with Crippen LogP contribution in [0, 0.1) is 11.2 Å². The fourth-order valence-electron chi connectivity index (χ4n) is 18.5. The minimum absolute atomic E-state index is 0. The first-order valence-electron chi connectivity index (χ1n) is 52.1. The maximum absolute atomic E-state index is 15.5. The second kappa shape index (κ2) is 67.5. The fourth-order valence-corrected chi connectivity index (χ4v) is 18.8. The molecule has 11 N–H and O–H groups in total. The first-order valence-corrected chi connectivity index (χ1v) is 52.2. The smallest absolute Gasteiger partial charge is 0.324 e. The molecule has 0 saturated carbocycles. The highest BCUT2D eigenvalue weighted by Gasteiger charge is 2.72. The molecule has 0 aromatic heterocycles. The van der Waals surface area contributed by atoms with E-state index in [4.69, 9.17) is 128 Å². The van der Waals surface area contributed by atoms with Crippen LogP contribution in [0.4, 0.5) is 14.5 Å². The van der Waals surface area contributed by atoms with Gasteiger partial charge in [0.05, 0.1) is 92.8 Å². The standard InChI is InChI=1S/C37H33Cl2FN2O3.3C9H18O2.C8H17NO2.C8H16O3.C7H9N.C6H14O2.C6H12.C5H10O.2C4H8O.CH3F.2CH4O.CH4/c1-36(2,3)20-29-37(25-18-27(40)26(39)19-28(25)41-35(37)44)30(23-15-10-16-24(38)17-23)32-34(43)45-33(22-13-8-5-9-14-22)31(42(29)32)21-11-6-4-7-12-21;3*1-5-6-9(4)7-10-8(2,3)11-9;2*1-7(2)10-6-8(3,11-7)4-5-9;8-6-7-4-2-1-3-5-7;1-3-4-6(2,8)5-7;1-4-5-6(2)3;1-5(2)3-4-6;2*1-2-4-5-3-1;3*1-2;/h4-19,29-33H,20H2,1-3H3,(H,41,44);3*5-7H2,1-4H3;4-6,9H2,1-3H3;9H,4-6H2,1-3H3;1-5H,6,8H2;7-8H,3-5H2,1-2H3;2,4-5H2,1,3H3;6H,1,3-4H2,2H3;2*1-4H2;1H3;2*2H,1H3;1H4/t29-,30+,31-,32?,33+,37+;3*9-;2*8-;;6-;;;;;;;;/m100000.0......../s1/i;;;;;;;;;;;;1D;;;. The number of cyclic esters (lactones) is 1. The van der Waals surface area contributed by atoms with Crippen LogP contribution >= 0.6 is 23.2 Å². The Morgan fingerprint density at radius 1 is 0.517 bits per heavy atom. The number of esters is 1. The summed E-state index contributed by atoms with van der Waals surface area (Å²) in [6.45, 7) is 68.6. The third kappa shape index (κ3) is 49.6. The Labute approximate surface area is 885 Å². The summed E-state index contributed by atoms with van der Waals surface area (Å²) in [7, 11) is 1.00. The number of alkyl halides is 1. The summed E-state index contributed by atoms with van der Waals surface area (Å²) >= 11 is 12.8. The maximum Gasteiger partial charge on any atom is 0.324 e. The van der Waals surface area contributed by atoms with Gasteiger partial charge in [0.2, 0.25) is 5.91 Å². The van der Waals surface area contributed by atoms with Crippen LogP contribution in [0.2, 0.25) is 10.0 Å². The molecule has 9 saturated heterocycles. The molecule has 25 nitrogen and oxygen atoms in total. The van der Waals surface area contributed by atoms with E-state index in [9.17, 15) is 14.0 Å². The van der Waals surface area contributed by atoms with E-state index in [1.807, 2.05) is 200 Å². The molecule has 1 spiro atoms. The molecule has 12 atom stereocenters. The monoisotopic (exact) mass is 2090 g/mol.